The molecule has 0 atom stereocenters. The number of fused-ring (bicyclic) bond motifs is 1. The Kier molecular flexibility index (Phi) is 2.19. The van der Waals surface area contributed by atoms with E-state index in [0.717, 1.165) is 5.52 Å². The summed E-state index contributed by atoms with van der Waals surface area (Å²) in [5, 5.41) is 9.40. The molecule has 78 valence electrons. The monoisotopic (exact) mass is 207 g/mol. The van der Waals surface area contributed by atoms with Gasteiger partial charge in [-0.3, -0.25) is 0 Å². The molecule has 0 spiro atoms. The number of aromatic carboxylic acids is 1. The molecule has 0 unspecified atom stereocenters. The second kappa shape index (κ2) is 3.38. The SMILES string of the molecule is CCn1cc(C(=O)O)c2cc(F)ccc21. The topological polar surface area (TPSA) is 42.2 Å². The lowest BCUT2D eigenvalue weighted by Gasteiger charge is -1.98. The van der Waals surface area contributed by atoms with Crippen LogP contribution in [-0.4, -0.2) is 15.6 Å². The molecule has 1 aromatic heterocycles. The number of hydrogen-bond acceptors (Lipinski definition) is 1. The molecule has 2 rings (SSSR count). The quantitative estimate of drug-likeness (QED) is 0.822. The Morgan fingerprint density at radius 3 is 2.87 bits per heavy atom. The third-order valence-corrected chi connectivity index (χ3v) is 2.41. The maximum Gasteiger partial charge on any atom is 0.337 e. The molecule has 0 radical (unpaired) electrons. The highest BCUT2D eigenvalue weighted by Crippen LogP contribution is 2.22. The van der Waals surface area contributed by atoms with Gasteiger partial charge in [-0.25, -0.2) is 9.18 Å². The van der Waals surface area contributed by atoms with Crippen LogP contribution in [0.15, 0.2) is 24.4 Å². The van der Waals surface area contributed by atoms with Crippen molar-refractivity contribution in [3.8, 4) is 0 Å². The first-order valence-corrected chi connectivity index (χ1v) is 4.65. The van der Waals surface area contributed by atoms with E-state index >= 15 is 0 Å². The lowest BCUT2D eigenvalue weighted by atomic mass is 10.2. The van der Waals surface area contributed by atoms with Crippen LogP contribution in [0.1, 0.15) is 17.3 Å². The summed E-state index contributed by atoms with van der Waals surface area (Å²) in [6.45, 7) is 2.57. The van der Waals surface area contributed by atoms with Crippen molar-refractivity contribution in [3.05, 3.63) is 35.8 Å². The number of hydrogen-bond donors (Lipinski definition) is 1. The minimum atomic E-state index is -1.03. The zero-order chi connectivity index (χ0) is 11.0. The van der Waals surface area contributed by atoms with Crippen molar-refractivity contribution in [1.29, 1.82) is 0 Å². The summed E-state index contributed by atoms with van der Waals surface area (Å²) in [6, 6.07) is 4.19. The summed E-state index contributed by atoms with van der Waals surface area (Å²) in [7, 11) is 0. The van der Waals surface area contributed by atoms with Gasteiger partial charge >= 0.3 is 5.97 Å². The molecule has 15 heavy (non-hydrogen) atoms. The Hall–Kier alpha value is -1.84. The Morgan fingerprint density at radius 1 is 1.53 bits per heavy atom. The highest BCUT2D eigenvalue weighted by atomic mass is 19.1. The van der Waals surface area contributed by atoms with Crippen molar-refractivity contribution in [2.24, 2.45) is 0 Å². The minimum Gasteiger partial charge on any atom is -0.478 e. The summed E-state index contributed by atoms with van der Waals surface area (Å²) in [5.41, 5.74) is 0.891. The number of carboxylic acids is 1. The molecule has 0 amide bonds. The van der Waals surface area contributed by atoms with Gasteiger partial charge in [-0.1, -0.05) is 0 Å². The fourth-order valence-corrected chi connectivity index (χ4v) is 1.70. The highest BCUT2D eigenvalue weighted by molar-refractivity contribution is 6.03. The van der Waals surface area contributed by atoms with Gasteiger partial charge in [0.15, 0.2) is 0 Å². The third kappa shape index (κ3) is 1.48. The summed E-state index contributed by atoms with van der Waals surface area (Å²) < 4.78 is 14.8. The number of halogens is 1. The lowest BCUT2D eigenvalue weighted by molar-refractivity contribution is 0.0699. The van der Waals surface area contributed by atoms with Gasteiger partial charge in [0.05, 0.1) is 5.56 Å². The first kappa shape index (κ1) is 9.71. The van der Waals surface area contributed by atoms with Crippen LogP contribution in [0.3, 0.4) is 0 Å². The summed E-state index contributed by atoms with van der Waals surface area (Å²) >= 11 is 0. The van der Waals surface area contributed by atoms with Crippen molar-refractivity contribution >= 4 is 16.9 Å². The van der Waals surface area contributed by atoms with Crippen LogP contribution in [-0.2, 0) is 6.54 Å². The molecule has 3 nitrogen and oxygen atoms in total. The third-order valence-electron chi connectivity index (χ3n) is 2.41. The average molecular weight is 207 g/mol. The maximum absolute atomic E-state index is 13.0. The second-order valence-electron chi connectivity index (χ2n) is 3.30. The van der Waals surface area contributed by atoms with Gasteiger partial charge in [0.1, 0.15) is 5.82 Å². The average Bonchev–Trinajstić information content (AvgIpc) is 2.55. The van der Waals surface area contributed by atoms with Crippen molar-refractivity contribution in [2.45, 2.75) is 13.5 Å². The molecular weight excluding hydrogens is 197 g/mol. The Balaban J connectivity index is 2.81. The Bertz CT molecular complexity index is 531. The van der Waals surface area contributed by atoms with Gasteiger partial charge in [0, 0.05) is 23.6 Å². The van der Waals surface area contributed by atoms with E-state index in [0.29, 0.717) is 11.9 Å². The fourth-order valence-electron chi connectivity index (χ4n) is 1.70. The molecule has 4 heteroatoms. The minimum absolute atomic E-state index is 0.145. The predicted molar refractivity (Wildman–Crippen MR) is 54.5 cm³/mol. The van der Waals surface area contributed by atoms with Crippen LogP contribution >= 0.6 is 0 Å². The van der Waals surface area contributed by atoms with Gasteiger partial charge in [-0.15, -0.1) is 0 Å². The van der Waals surface area contributed by atoms with Gasteiger partial charge in [0.25, 0.3) is 0 Å². The van der Waals surface area contributed by atoms with Crippen LogP contribution in [0.5, 0.6) is 0 Å². The number of carbonyl (C=O) groups is 1. The molecule has 0 aliphatic rings. The first-order chi connectivity index (χ1) is 7.13. The Morgan fingerprint density at radius 2 is 2.27 bits per heavy atom. The molecule has 0 aliphatic carbocycles. The number of carboxylic acid groups (broad SMARTS) is 1. The van der Waals surface area contributed by atoms with E-state index in [4.69, 9.17) is 5.11 Å². The number of nitrogens with zero attached hydrogens (tertiary/aromatic N) is 1. The number of benzene rings is 1. The zero-order valence-corrected chi connectivity index (χ0v) is 8.20. The summed E-state index contributed by atoms with van der Waals surface area (Å²) in [5.74, 6) is -1.45. The summed E-state index contributed by atoms with van der Waals surface area (Å²) in [6.07, 6.45) is 1.53. The van der Waals surface area contributed by atoms with Gasteiger partial charge in [0.2, 0.25) is 0 Å². The highest BCUT2D eigenvalue weighted by Gasteiger charge is 2.13. The molecule has 1 aromatic carbocycles. The smallest absolute Gasteiger partial charge is 0.337 e. The molecule has 0 bridgehead atoms. The molecule has 1 N–H and O–H groups in total. The van der Waals surface area contributed by atoms with E-state index in [2.05, 4.69) is 0 Å². The molecule has 0 aliphatic heterocycles. The number of rotatable bonds is 2. The zero-order valence-electron chi connectivity index (χ0n) is 8.20. The Labute approximate surface area is 85.7 Å². The summed E-state index contributed by atoms with van der Waals surface area (Å²) in [4.78, 5) is 10.9. The maximum atomic E-state index is 13.0. The standard InChI is InChI=1S/C11H10FNO2/c1-2-13-6-9(11(14)15)8-5-7(12)3-4-10(8)13/h3-6H,2H2,1H3,(H,14,15). The second-order valence-corrected chi connectivity index (χ2v) is 3.30. The lowest BCUT2D eigenvalue weighted by Crippen LogP contribution is -1.94. The van der Waals surface area contributed by atoms with E-state index in [1.165, 1.54) is 18.3 Å². The molecule has 0 saturated carbocycles. The van der Waals surface area contributed by atoms with E-state index in [9.17, 15) is 9.18 Å². The normalized spacial score (nSPS) is 10.8. The van der Waals surface area contributed by atoms with Gasteiger partial charge in [-0.05, 0) is 25.1 Å². The van der Waals surface area contributed by atoms with E-state index < -0.39 is 11.8 Å². The van der Waals surface area contributed by atoms with Crippen molar-refractivity contribution in [1.82, 2.24) is 4.57 Å². The van der Waals surface area contributed by atoms with Crippen LogP contribution in [0.25, 0.3) is 10.9 Å². The molecule has 1 heterocycles. The van der Waals surface area contributed by atoms with E-state index in [-0.39, 0.29) is 5.56 Å². The fraction of sp³-hybridized carbons (Fsp3) is 0.182. The van der Waals surface area contributed by atoms with Crippen LogP contribution in [0.4, 0.5) is 4.39 Å². The van der Waals surface area contributed by atoms with Crippen molar-refractivity contribution < 1.29 is 14.3 Å². The molecule has 0 fully saturated rings. The van der Waals surface area contributed by atoms with Crippen molar-refractivity contribution in [2.75, 3.05) is 0 Å². The van der Waals surface area contributed by atoms with E-state index in [1.54, 1.807) is 10.6 Å². The van der Waals surface area contributed by atoms with Gasteiger partial charge in [-0.2, -0.15) is 0 Å². The van der Waals surface area contributed by atoms with Crippen molar-refractivity contribution in [3.63, 3.8) is 0 Å². The molecule has 2 aromatic rings. The number of aryl methyl sites for hydroxylation is 1. The van der Waals surface area contributed by atoms with E-state index in [1.807, 2.05) is 6.92 Å². The van der Waals surface area contributed by atoms with Crippen LogP contribution in [0.2, 0.25) is 0 Å². The first-order valence-electron chi connectivity index (χ1n) is 4.65. The van der Waals surface area contributed by atoms with Gasteiger partial charge < -0.3 is 9.67 Å². The molecular formula is C11H10FNO2. The van der Waals surface area contributed by atoms with Crippen LogP contribution in [0, 0.1) is 5.82 Å². The largest absolute Gasteiger partial charge is 0.478 e. The molecule has 0 saturated heterocycles. The number of aromatic nitrogens is 1. The predicted octanol–water partition coefficient (Wildman–Crippen LogP) is 2.50. The van der Waals surface area contributed by atoms with Crippen LogP contribution < -0.4 is 0 Å².